The molecule has 1 saturated heterocycles. The van der Waals surface area contributed by atoms with Gasteiger partial charge in [0.2, 0.25) is 11.8 Å². The van der Waals surface area contributed by atoms with Crippen molar-refractivity contribution in [3.8, 4) is 5.75 Å². The zero-order valence-electron chi connectivity index (χ0n) is 15.6. The van der Waals surface area contributed by atoms with E-state index in [0.717, 1.165) is 12.1 Å². The Balaban J connectivity index is 1.55. The molecular weight excluding hydrogens is 403 g/mol. The lowest BCUT2D eigenvalue weighted by molar-refractivity contribution is -0.137. The molecule has 3 amide bonds. The molecule has 30 heavy (non-hydrogen) atoms. The van der Waals surface area contributed by atoms with E-state index < -0.39 is 36.1 Å². The van der Waals surface area contributed by atoms with Crippen molar-refractivity contribution in [3.63, 3.8) is 0 Å². The molecule has 1 aliphatic heterocycles. The van der Waals surface area contributed by atoms with Crippen molar-refractivity contribution in [1.29, 1.82) is 0 Å². The van der Waals surface area contributed by atoms with Crippen LogP contribution in [0.1, 0.15) is 12.0 Å². The first kappa shape index (κ1) is 21.2. The van der Waals surface area contributed by atoms with Crippen LogP contribution in [0.4, 0.5) is 24.5 Å². The van der Waals surface area contributed by atoms with E-state index in [0.29, 0.717) is 11.4 Å². The Hall–Kier alpha value is -3.56. The lowest BCUT2D eigenvalue weighted by Crippen LogP contribution is -2.28. The number of carbonyl (C=O) groups is 3. The van der Waals surface area contributed by atoms with Crippen molar-refractivity contribution in [1.82, 2.24) is 0 Å². The Bertz CT molecular complexity index is 961. The van der Waals surface area contributed by atoms with Gasteiger partial charge < -0.3 is 20.7 Å². The molecule has 1 fully saturated rings. The molecule has 1 aliphatic rings. The zero-order valence-corrected chi connectivity index (χ0v) is 15.6. The number of anilines is 2. The van der Waals surface area contributed by atoms with E-state index in [2.05, 4.69) is 5.32 Å². The number of nitrogens with one attached hydrogen (secondary N) is 1. The van der Waals surface area contributed by atoms with Crippen molar-refractivity contribution >= 4 is 29.1 Å². The second kappa shape index (κ2) is 8.44. The van der Waals surface area contributed by atoms with Gasteiger partial charge in [-0.1, -0.05) is 6.07 Å². The van der Waals surface area contributed by atoms with Crippen molar-refractivity contribution in [2.75, 3.05) is 23.4 Å². The Morgan fingerprint density at radius 3 is 2.47 bits per heavy atom. The van der Waals surface area contributed by atoms with Gasteiger partial charge >= 0.3 is 6.18 Å². The van der Waals surface area contributed by atoms with Gasteiger partial charge in [-0.3, -0.25) is 14.4 Å². The van der Waals surface area contributed by atoms with Gasteiger partial charge in [0, 0.05) is 24.3 Å². The predicted octanol–water partition coefficient (Wildman–Crippen LogP) is 2.56. The summed E-state index contributed by atoms with van der Waals surface area (Å²) in [4.78, 5) is 36.7. The molecule has 0 aliphatic carbocycles. The molecule has 2 aromatic carbocycles. The molecule has 2 aromatic rings. The largest absolute Gasteiger partial charge is 0.484 e. The number of amides is 3. The molecule has 10 heteroatoms. The van der Waals surface area contributed by atoms with Crippen LogP contribution in [0.2, 0.25) is 0 Å². The number of ether oxygens (including phenoxy) is 1. The van der Waals surface area contributed by atoms with Crippen LogP contribution >= 0.6 is 0 Å². The van der Waals surface area contributed by atoms with E-state index in [1.165, 1.54) is 29.2 Å². The molecule has 0 bridgehead atoms. The van der Waals surface area contributed by atoms with Gasteiger partial charge in [-0.2, -0.15) is 13.2 Å². The van der Waals surface area contributed by atoms with Crippen molar-refractivity contribution in [2.24, 2.45) is 11.7 Å². The Morgan fingerprint density at radius 1 is 1.17 bits per heavy atom. The Kier molecular flexibility index (Phi) is 5.95. The number of halogens is 3. The van der Waals surface area contributed by atoms with E-state index in [4.69, 9.17) is 10.5 Å². The molecule has 158 valence electrons. The number of carbonyl (C=O) groups excluding carboxylic acids is 3. The highest BCUT2D eigenvalue weighted by Crippen LogP contribution is 2.30. The standard InChI is InChI=1S/C20H18F3N3O4/c21-20(22,23)13-2-1-3-14(9-13)25-17(27)11-30-16-6-4-15(5-7-16)26-10-12(19(24)29)8-18(26)28/h1-7,9,12H,8,10-11H2,(H2,24,29)(H,25,27)/t12-/m0/s1. The monoisotopic (exact) mass is 421 g/mol. The predicted molar refractivity (Wildman–Crippen MR) is 102 cm³/mol. The average molecular weight is 421 g/mol. The maximum Gasteiger partial charge on any atom is 0.416 e. The van der Waals surface area contributed by atoms with Crippen LogP contribution in [0.15, 0.2) is 48.5 Å². The van der Waals surface area contributed by atoms with E-state index in [1.54, 1.807) is 12.1 Å². The minimum absolute atomic E-state index is 0.00493. The average Bonchev–Trinajstić information content (AvgIpc) is 3.08. The molecular formula is C20H18F3N3O4. The molecule has 3 rings (SSSR count). The van der Waals surface area contributed by atoms with Gasteiger partial charge in [0.15, 0.2) is 6.61 Å². The third-order valence-corrected chi connectivity index (χ3v) is 4.52. The molecule has 0 aromatic heterocycles. The summed E-state index contributed by atoms with van der Waals surface area (Å²) in [5, 5.41) is 2.34. The molecule has 3 N–H and O–H groups in total. The summed E-state index contributed by atoms with van der Waals surface area (Å²) in [6.45, 7) is -0.213. The van der Waals surface area contributed by atoms with Gasteiger partial charge in [-0.05, 0) is 42.5 Å². The van der Waals surface area contributed by atoms with Gasteiger partial charge in [0.25, 0.3) is 5.91 Å². The minimum atomic E-state index is -4.51. The second-order valence-corrected chi connectivity index (χ2v) is 6.72. The van der Waals surface area contributed by atoms with Gasteiger partial charge in [0.1, 0.15) is 5.75 Å². The SMILES string of the molecule is NC(=O)[C@H]1CC(=O)N(c2ccc(OCC(=O)Nc3cccc(C(F)(F)F)c3)cc2)C1. The van der Waals surface area contributed by atoms with E-state index in [-0.39, 0.29) is 24.6 Å². The minimum Gasteiger partial charge on any atom is -0.484 e. The maximum atomic E-state index is 12.7. The number of nitrogens with two attached hydrogens (primary N) is 1. The fourth-order valence-corrected chi connectivity index (χ4v) is 2.99. The number of nitrogens with zero attached hydrogens (tertiary/aromatic N) is 1. The topological polar surface area (TPSA) is 102 Å². The number of alkyl halides is 3. The lowest BCUT2D eigenvalue weighted by atomic mass is 10.1. The molecule has 0 spiro atoms. The third-order valence-electron chi connectivity index (χ3n) is 4.52. The van der Waals surface area contributed by atoms with Crippen molar-refractivity contribution in [2.45, 2.75) is 12.6 Å². The molecule has 0 unspecified atom stereocenters. The van der Waals surface area contributed by atoms with Gasteiger partial charge in [-0.15, -0.1) is 0 Å². The van der Waals surface area contributed by atoms with Crippen LogP contribution in [0, 0.1) is 5.92 Å². The molecule has 7 nitrogen and oxygen atoms in total. The summed E-state index contributed by atoms with van der Waals surface area (Å²) in [6.07, 6.45) is -4.45. The highest BCUT2D eigenvalue weighted by Gasteiger charge is 2.34. The summed E-state index contributed by atoms with van der Waals surface area (Å²) >= 11 is 0. The summed E-state index contributed by atoms with van der Waals surface area (Å²) in [5.41, 5.74) is 4.94. The fraction of sp³-hybridized carbons (Fsp3) is 0.250. The Morgan fingerprint density at radius 2 is 1.87 bits per heavy atom. The highest BCUT2D eigenvalue weighted by atomic mass is 19.4. The van der Waals surface area contributed by atoms with Crippen LogP contribution in [0.5, 0.6) is 5.75 Å². The molecule has 1 atom stereocenters. The van der Waals surface area contributed by atoms with E-state index in [9.17, 15) is 27.6 Å². The number of rotatable bonds is 6. The van der Waals surface area contributed by atoms with Crippen LogP contribution in [0.3, 0.4) is 0 Å². The van der Waals surface area contributed by atoms with Crippen LogP contribution < -0.4 is 20.7 Å². The van der Waals surface area contributed by atoms with Crippen molar-refractivity contribution < 1.29 is 32.3 Å². The zero-order chi connectivity index (χ0) is 21.9. The fourth-order valence-electron chi connectivity index (χ4n) is 2.99. The number of benzene rings is 2. The van der Waals surface area contributed by atoms with Gasteiger partial charge in [-0.25, -0.2) is 0 Å². The number of hydrogen-bond donors (Lipinski definition) is 2. The normalized spacial score (nSPS) is 16.4. The summed E-state index contributed by atoms with van der Waals surface area (Å²) in [6, 6.07) is 10.6. The van der Waals surface area contributed by atoms with E-state index in [1.807, 2.05) is 0 Å². The van der Waals surface area contributed by atoms with Crippen LogP contribution in [-0.4, -0.2) is 30.9 Å². The quantitative estimate of drug-likeness (QED) is 0.749. The second-order valence-electron chi connectivity index (χ2n) is 6.72. The smallest absolute Gasteiger partial charge is 0.416 e. The number of primary amides is 1. The van der Waals surface area contributed by atoms with E-state index >= 15 is 0 Å². The molecule has 1 heterocycles. The first-order valence-electron chi connectivity index (χ1n) is 8.93. The molecule has 0 radical (unpaired) electrons. The summed E-state index contributed by atoms with van der Waals surface area (Å²) < 4.78 is 43.5. The highest BCUT2D eigenvalue weighted by molar-refractivity contribution is 6.00. The molecule has 0 saturated carbocycles. The maximum absolute atomic E-state index is 12.7. The first-order valence-corrected chi connectivity index (χ1v) is 8.93. The summed E-state index contributed by atoms with van der Waals surface area (Å²) in [7, 11) is 0. The summed E-state index contributed by atoms with van der Waals surface area (Å²) in [5.74, 6) is -1.58. The van der Waals surface area contributed by atoms with Crippen molar-refractivity contribution in [3.05, 3.63) is 54.1 Å². The lowest BCUT2D eigenvalue weighted by Gasteiger charge is -2.16. The van der Waals surface area contributed by atoms with Crippen LogP contribution in [0.25, 0.3) is 0 Å². The number of hydrogen-bond acceptors (Lipinski definition) is 4. The van der Waals surface area contributed by atoms with Crippen LogP contribution in [-0.2, 0) is 20.6 Å². The Labute approximate surface area is 169 Å². The first-order chi connectivity index (χ1) is 14.1. The van der Waals surface area contributed by atoms with Gasteiger partial charge in [0.05, 0.1) is 11.5 Å². The third kappa shape index (κ3) is 5.07.